The molecule has 2 aliphatic carbocycles. The molecule has 3 rings (SSSR count). The summed E-state index contributed by atoms with van der Waals surface area (Å²) in [6.45, 7) is 6.87. The number of aliphatic hydroxyl groups is 2. The van der Waals surface area contributed by atoms with Crippen LogP contribution >= 0.6 is 0 Å². The molecule has 0 heterocycles. The van der Waals surface area contributed by atoms with Crippen LogP contribution in [0.5, 0.6) is 17.2 Å². The van der Waals surface area contributed by atoms with Crippen molar-refractivity contribution in [2.24, 2.45) is 5.41 Å². The Bertz CT molecular complexity index is 835. The molecule has 1 saturated carbocycles. The van der Waals surface area contributed by atoms with Crippen LogP contribution in [0, 0.1) is 5.41 Å². The fraction of sp³-hybridized carbons (Fsp3) is 0.550. The van der Waals surface area contributed by atoms with Gasteiger partial charge in [-0.3, -0.25) is 4.79 Å². The average molecular weight is 362 g/mol. The summed E-state index contributed by atoms with van der Waals surface area (Å²) >= 11 is 0. The van der Waals surface area contributed by atoms with E-state index in [4.69, 9.17) is 0 Å². The van der Waals surface area contributed by atoms with Crippen LogP contribution in [0.1, 0.15) is 74.4 Å². The second-order valence-electron chi connectivity index (χ2n) is 8.42. The van der Waals surface area contributed by atoms with E-state index in [1.165, 1.54) is 0 Å². The van der Waals surface area contributed by atoms with Crippen LogP contribution in [0.4, 0.5) is 0 Å². The number of carbonyl (C=O) groups is 1. The Hall–Kier alpha value is -2.21. The van der Waals surface area contributed by atoms with Crippen molar-refractivity contribution in [2.45, 2.75) is 58.3 Å². The molecule has 1 aromatic rings. The van der Waals surface area contributed by atoms with Crippen LogP contribution in [0.25, 0.3) is 0 Å². The van der Waals surface area contributed by atoms with Gasteiger partial charge in [-0.05, 0) is 23.8 Å². The maximum absolute atomic E-state index is 12.9. The number of aliphatic hydroxyl groups excluding tert-OH is 2. The lowest BCUT2D eigenvalue weighted by Gasteiger charge is -2.49. The quantitative estimate of drug-likeness (QED) is 0.407. The molecule has 0 bridgehead atoms. The van der Waals surface area contributed by atoms with E-state index in [1.807, 2.05) is 20.8 Å². The molecule has 0 amide bonds. The average Bonchev–Trinajstić information content (AvgIpc) is 2.55. The molecule has 26 heavy (non-hydrogen) atoms. The molecule has 1 fully saturated rings. The van der Waals surface area contributed by atoms with E-state index in [0.29, 0.717) is 12.0 Å². The minimum atomic E-state index is -0.880. The van der Waals surface area contributed by atoms with Crippen molar-refractivity contribution < 1.29 is 30.3 Å². The summed E-state index contributed by atoms with van der Waals surface area (Å²) in [4.78, 5) is 12.9. The second kappa shape index (κ2) is 5.64. The van der Waals surface area contributed by atoms with Gasteiger partial charge in [0.25, 0.3) is 0 Å². The standard InChI is InChI=1S/C20H26O6/c1-9(8-21)10-13(22)11-12(16(25)14(10)23)20(4)7-5-6-19(2,3)18(20)17(26)15(11)24/h9,21-23,25-26H,5-8H2,1-4H3/t9-,20+/m0/s1. The summed E-state index contributed by atoms with van der Waals surface area (Å²) in [5.74, 6) is -3.33. The Morgan fingerprint density at radius 2 is 1.62 bits per heavy atom. The molecule has 0 radical (unpaired) electrons. The summed E-state index contributed by atoms with van der Waals surface area (Å²) in [5, 5.41) is 52.1. The summed E-state index contributed by atoms with van der Waals surface area (Å²) < 4.78 is 0. The maximum Gasteiger partial charge on any atom is 0.231 e. The van der Waals surface area contributed by atoms with Crippen molar-refractivity contribution in [2.75, 3.05) is 6.61 Å². The normalized spacial score (nSPS) is 25.7. The first kappa shape index (κ1) is 18.6. The maximum atomic E-state index is 12.9. The highest BCUT2D eigenvalue weighted by molar-refractivity contribution is 6.13. The number of phenols is 3. The summed E-state index contributed by atoms with van der Waals surface area (Å²) in [5.41, 5.74) is -0.921. The van der Waals surface area contributed by atoms with E-state index in [1.54, 1.807) is 6.92 Å². The molecular weight excluding hydrogens is 336 g/mol. The highest BCUT2D eigenvalue weighted by Crippen LogP contribution is 2.61. The Balaban J connectivity index is 2.44. The van der Waals surface area contributed by atoms with E-state index in [2.05, 4.69) is 0 Å². The number of hydrogen-bond acceptors (Lipinski definition) is 6. The third-order valence-electron chi connectivity index (χ3n) is 6.16. The van der Waals surface area contributed by atoms with Gasteiger partial charge in [-0.1, -0.05) is 34.1 Å². The minimum Gasteiger partial charge on any atom is -0.507 e. The number of phenolic OH excluding ortho intramolecular Hbond substituents is 3. The minimum absolute atomic E-state index is 0.0907. The fourth-order valence-corrected chi connectivity index (χ4v) is 4.99. The lowest BCUT2D eigenvalue weighted by molar-refractivity contribution is 0.0934. The summed E-state index contributed by atoms with van der Waals surface area (Å²) in [6, 6.07) is 0. The highest BCUT2D eigenvalue weighted by atomic mass is 16.3. The van der Waals surface area contributed by atoms with Crippen LogP contribution in [-0.2, 0) is 5.41 Å². The summed E-state index contributed by atoms with van der Waals surface area (Å²) in [6.07, 6.45) is 2.16. The Morgan fingerprint density at radius 1 is 1.00 bits per heavy atom. The zero-order valence-electron chi connectivity index (χ0n) is 15.6. The van der Waals surface area contributed by atoms with Crippen molar-refractivity contribution in [3.63, 3.8) is 0 Å². The number of fused-ring (bicyclic) bond motifs is 3. The number of rotatable bonds is 2. The van der Waals surface area contributed by atoms with Gasteiger partial charge in [0.1, 0.15) is 5.75 Å². The number of allylic oxidation sites excluding steroid dienone is 2. The molecule has 2 atom stereocenters. The topological polar surface area (TPSA) is 118 Å². The van der Waals surface area contributed by atoms with Crippen LogP contribution in [0.2, 0.25) is 0 Å². The Labute approximate surface area is 152 Å². The molecule has 5 N–H and O–H groups in total. The van der Waals surface area contributed by atoms with Crippen molar-refractivity contribution in [1.82, 2.24) is 0 Å². The predicted octanol–water partition coefficient (Wildman–Crippen LogP) is 3.38. The predicted molar refractivity (Wildman–Crippen MR) is 95.9 cm³/mol. The number of carbonyl (C=O) groups excluding carboxylic acids is 1. The van der Waals surface area contributed by atoms with Crippen LogP contribution in [-0.4, -0.2) is 37.9 Å². The van der Waals surface area contributed by atoms with Gasteiger partial charge in [0.05, 0.1) is 5.56 Å². The van der Waals surface area contributed by atoms with Crippen LogP contribution < -0.4 is 0 Å². The Morgan fingerprint density at radius 3 is 2.19 bits per heavy atom. The molecular formula is C20H26O6. The fourth-order valence-electron chi connectivity index (χ4n) is 4.99. The van der Waals surface area contributed by atoms with Gasteiger partial charge in [-0.2, -0.15) is 0 Å². The van der Waals surface area contributed by atoms with E-state index in [0.717, 1.165) is 12.8 Å². The zero-order valence-corrected chi connectivity index (χ0v) is 15.6. The van der Waals surface area contributed by atoms with E-state index in [-0.39, 0.29) is 23.3 Å². The number of Topliss-reactive ketones (excluding diaryl/α,β-unsaturated/α-hetero) is 1. The van der Waals surface area contributed by atoms with Crippen LogP contribution in [0.15, 0.2) is 11.3 Å². The van der Waals surface area contributed by atoms with Crippen molar-refractivity contribution in [3.8, 4) is 17.2 Å². The van der Waals surface area contributed by atoms with Crippen molar-refractivity contribution in [1.29, 1.82) is 0 Å². The SMILES string of the molecule is C[C@@H](CO)c1c(O)c(O)c2c(c1O)C(=O)C(O)=C1C(C)(C)CCC[C@@]12C. The number of benzene rings is 1. The van der Waals surface area contributed by atoms with Gasteiger partial charge in [-0.25, -0.2) is 0 Å². The van der Waals surface area contributed by atoms with Gasteiger partial charge in [0.2, 0.25) is 5.78 Å². The summed E-state index contributed by atoms with van der Waals surface area (Å²) in [7, 11) is 0. The van der Waals surface area contributed by atoms with Gasteiger partial charge in [0.15, 0.2) is 17.3 Å². The molecule has 2 aliphatic rings. The number of aromatic hydroxyl groups is 3. The van der Waals surface area contributed by atoms with Crippen LogP contribution in [0.3, 0.4) is 0 Å². The first-order valence-corrected chi connectivity index (χ1v) is 8.90. The smallest absolute Gasteiger partial charge is 0.231 e. The lowest BCUT2D eigenvalue weighted by atomic mass is 9.54. The molecule has 6 heteroatoms. The number of hydrogen-bond donors (Lipinski definition) is 5. The van der Waals surface area contributed by atoms with Crippen molar-refractivity contribution >= 4 is 5.78 Å². The van der Waals surface area contributed by atoms with E-state index >= 15 is 0 Å². The third kappa shape index (κ3) is 2.18. The molecule has 0 aromatic heterocycles. The molecule has 1 aromatic carbocycles. The molecule has 0 saturated heterocycles. The molecule has 142 valence electrons. The van der Waals surface area contributed by atoms with Gasteiger partial charge < -0.3 is 25.5 Å². The first-order valence-electron chi connectivity index (χ1n) is 8.90. The zero-order chi connectivity index (χ0) is 19.6. The highest BCUT2D eigenvalue weighted by Gasteiger charge is 2.53. The third-order valence-corrected chi connectivity index (χ3v) is 6.16. The lowest BCUT2D eigenvalue weighted by Crippen LogP contribution is -2.43. The van der Waals surface area contributed by atoms with E-state index < -0.39 is 45.5 Å². The van der Waals surface area contributed by atoms with Gasteiger partial charge >= 0.3 is 0 Å². The number of ketones is 1. The second-order valence-corrected chi connectivity index (χ2v) is 8.42. The van der Waals surface area contributed by atoms with E-state index in [9.17, 15) is 30.3 Å². The molecule has 0 spiro atoms. The van der Waals surface area contributed by atoms with Crippen molar-refractivity contribution in [3.05, 3.63) is 28.0 Å². The molecule has 0 unspecified atom stereocenters. The Kier molecular flexibility index (Phi) is 4.03. The van der Waals surface area contributed by atoms with Gasteiger partial charge in [-0.15, -0.1) is 0 Å². The monoisotopic (exact) mass is 362 g/mol. The first-order chi connectivity index (χ1) is 12.0. The largest absolute Gasteiger partial charge is 0.507 e. The van der Waals surface area contributed by atoms with Gasteiger partial charge in [0, 0.05) is 29.1 Å². The molecule has 0 aliphatic heterocycles. The molecule has 6 nitrogen and oxygen atoms in total.